The summed E-state index contributed by atoms with van der Waals surface area (Å²) in [7, 11) is 0. The van der Waals surface area contributed by atoms with Crippen LogP contribution < -0.4 is 10.1 Å². The van der Waals surface area contributed by atoms with E-state index in [0.29, 0.717) is 5.75 Å². The van der Waals surface area contributed by atoms with Crippen molar-refractivity contribution in [3.8, 4) is 5.75 Å². The fourth-order valence-corrected chi connectivity index (χ4v) is 4.43. The summed E-state index contributed by atoms with van der Waals surface area (Å²) >= 11 is 0. The summed E-state index contributed by atoms with van der Waals surface area (Å²) in [4.78, 5) is 12.0. The summed E-state index contributed by atoms with van der Waals surface area (Å²) in [6, 6.07) is 11.7. The van der Waals surface area contributed by atoms with Crippen LogP contribution in [0.15, 0.2) is 42.5 Å². The lowest BCUT2D eigenvalue weighted by Gasteiger charge is -2.47. The standard InChI is InChI=1S/C24H31NO11/c1-11(28)25-17-22(36-24-21(32)20(31)18(29)15(9-26)35-24)19(30)16(10-27)34-23(17)33-14-7-6-12-4-2-3-5-13(12)8-14/h2-8,15-24,26-27,29-32H,9-10H2,1H3,(H,25,28)/t15-,16-,17-,18+,19+,20+,21-,22-,23+,24+/m1/s1. The lowest BCUT2D eigenvalue weighted by Crippen LogP contribution is -2.68. The number of ether oxygens (including phenoxy) is 4. The van der Waals surface area contributed by atoms with Crippen molar-refractivity contribution in [3.63, 3.8) is 0 Å². The Kier molecular flexibility index (Phi) is 8.40. The second-order valence-electron chi connectivity index (χ2n) is 8.87. The third kappa shape index (κ3) is 5.47. The maximum atomic E-state index is 12.0. The molecule has 2 aliphatic heterocycles. The van der Waals surface area contributed by atoms with Gasteiger partial charge in [-0.3, -0.25) is 4.79 Å². The molecule has 2 aromatic rings. The monoisotopic (exact) mass is 509 g/mol. The van der Waals surface area contributed by atoms with E-state index < -0.39 is 80.5 Å². The number of fused-ring (bicyclic) bond motifs is 1. The Balaban J connectivity index is 1.62. The van der Waals surface area contributed by atoms with E-state index >= 15 is 0 Å². The van der Waals surface area contributed by atoms with Crippen LogP contribution in [0.2, 0.25) is 0 Å². The van der Waals surface area contributed by atoms with Gasteiger partial charge in [-0.05, 0) is 22.9 Å². The van der Waals surface area contributed by atoms with Crippen LogP contribution in [-0.2, 0) is 19.0 Å². The molecule has 4 rings (SSSR count). The zero-order chi connectivity index (χ0) is 26.0. The maximum absolute atomic E-state index is 12.0. The summed E-state index contributed by atoms with van der Waals surface area (Å²) in [5.41, 5.74) is 0. The molecule has 0 radical (unpaired) electrons. The number of carbonyl (C=O) groups is 1. The fourth-order valence-electron chi connectivity index (χ4n) is 4.43. The van der Waals surface area contributed by atoms with Crippen molar-refractivity contribution in [3.05, 3.63) is 42.5 Å². The zero-order valence-corrected chi connectivity index (χ0v) is 19.5. The van der Waals surface area contributed by atoms with Crippen LogP contribution in [0, 0.1) is 0 Å². The number of carbonyl (C=O) groups excluding carboxylic acids is 1. The van der Waals surface area contributed by atoms with Gasteiger partial charge in [0.25, 0.3) is 0 Å². The van der Waals surface area contributed by atoms with Crippen molar-refractivity contribution >= 4 is 16.7 Å². The molecule has 12 nitrogen and oxygen atoms in total. The first-order chi connectivity index (χ1) is 17.2. The summed E-state index contributed by atoms with van der Waals surface area (Å²) in [5, 5.41) is 65.2. The number of hydrogen-bond donors (Lipinski definition) is 7. The zero-order valence-electron chi connectivity index (χ0n) is 19.5. The molecule has 2 saturated heterocycles. The van der Waals surface area contributed by atoms with Gasteiger partial charge in [0.2, 0.25) is 12.2 Å². The van der Waals surface area contributed by atoms with Crippen LogP contribution >= 0.6 is 0 Å². The molecule has 36 heavy (non-hydrogen) atoms. The highest BCUT2D eigenvalue weighted by Crippen LogP contribution is 2.31. The van der Waals surface area contributed by atoms with Gasteiger partial charge in [-0.15, -0.1) is 0 Å². The van der Waals surface area contributed by atoms with E-state index in [4.69, 9.17) is 18.9 Å². The van der Waals surface area contributed by atoms with E-state index in [9.17, 15) is 35.4 Å². The largest absolute Gasteiger partial charge is 0.463 e. The molecule has 7 N–H and O–H groups in total. The second kappa shape index (κ2) is 11.3. The van der Waals surface area contributed by atoms with E-state index in [2.05, 4.69) is 5.32 Å². The molecule has 2 aromatic carbocycles. The predicted molar refractivity (Wildman–Crippen MR) is 123 cm³/mol. The van der Waals surface area contributed by atoms with Crippen LogP contribution in [0.5, 0.6) is 5.75 Å². The molecule has 2 aliphatic rings. The molecule has 0 spiro atoms. The van der Waals surface area contributed by atoms with Crippen molar-refractivity contribution in [1.29, 1.82) is 0 Å². The smallest absolute Gasteiger partial charge is 0.223 e. The van der Waals surface area contributed by atoms with Crippen LogP contribution in [0.1, 0.15) is 6.92 Å². The Bertz CT molecular complexity index is 1040. The highest BCUT2D eigenvalue weighted by molar-refractivity contribution is 5.83. The average molecular weight is 510 g/mol. The molecular weight excluding hydrogens is 478 g/mol. The molecule has 198 valence electrons. The molecule has 0 unspecified atom stereocenters. The molecule has 0 bridgehead atoms. The number of amides is 1. The van der Waals surface area contributed by atoms with Gasteiger partial charge >= 0.3 is 0 Å². The minimum atomic E-state index is -1.75. The topological polar surface area (TPSA) is 187 Å². The first-order valence-corrected chi connectivity index (χ1v) is 11.6. The number of nitrogens with one attached hydrogen (secondary N) is 1. The predicted octanol–water partition coefficient (Wildman–Crippen LogP) is -2.01. The molecular formula is C24H31NO11. The van der Waals surface area contributed by atoms with Crippen molar-refractivity contribution in [2.45, 2.75) is 68.3 Å². The minimum Gasteiger partial charge on any atom is -0.463 e. The molecule has 12 heteroatoms. The second-order valence-corrected chi connectivity index (χ2v) is 8.87. The molecule has 2 heterocycles. The van der Waals surface area contributed by atoms with Gasteiger partial charge in [-0.2, -0.15) is 0 Å². The van der Waals surface area contributed by atoms with Gasteiger partial charge in [0.15, 0.2) is 6.29 Å². The number of rotatable bonds is 7. The molecule has 0 saturated carbocycles. The molecule has 0 aromatic heterocycles. The Morgan fingerprint density at radius 3 is 2.17 bits per heavy atom. The maximum Gasteiger partial charge on any atom is 0.223 e. The fraction of sp³-hybridized carbons (Fsp3) is 0.542. The summed E-state index contributed by atoms with van der Waals surface area (Å²) in [5.74, 6) is -0.124. The van der Waals surface area contributed by atoms with Crippen molar-refractivity contribution in [2.24, 2.45) is 0 Å². The van der Waals surface area contributed by atoms with Crippen LogP contribution in [0.25, 0.3) is 10.8 Å². The number of aliphatic hydroxyl groups excluding tert-OH is 6. The first kappa shape index (κ1) is 26.7. The average Bonchev–Trinajstić information content (AvgIpc) is 2.87. The van der Waals surface area contributed by atoms with Gasteiger partial charge in [0.05, 0.1) is 13.2 Å². The third-order valence-electron chi connectivity index (χ3n) is 6.34. The Morgan fingerprint density at radius 1 is 0.861 bits per heavy atom. The molecule has 10 atom stereocenters. The minimum absolute atomic E-state index is 0.383. The third-order valence-corrected chi connectivity index (χ3v) is 6.34. The van der Waals surface area contributed by atoms with Crippen molar-refractivity contribution < 1.29 is 54.4 Å². The van der Waals surface area contributed by atoms with Gasteiger partial charge in [0.1, 0.15) is 54.5 Å². The number of hydrogen-bond acceptors (Lipinski definition) is 11. The van der Waals surface area contributed by atoms with E-state index in [0.717, 1.165) is 10.8 Å². The number of aliphatic hydroxyl groups is 6. The lowest BCUT2D eigenvalue weighted by molar-refractivity contribution is -0.339. The SMILES string of the molecule is CC(=O)N[C@H]1[C@@H](Oc2ccc3ccccc3c2)O[C@H](CO)[C@H](O)[C@@H]1O[C@@H]1O[C@H](CO)[C@H](O)[C@H](O)[C@H]1O. The van der Waals surface area contributed by atoms with E-state index in [1.165, 1.54) is 6.92 Å². The first-order valence-electron chi connectivity index (χ1n) is 11.6. The molecule has 0 aliphatic carbocycles. The Hall–Kier alpha value is -2.39. The van der Waals surface area contributed by atoms with Gasteiger partial charge in [-0.25, -0.2) is 0 Å². The van der Waals surface area contributed by atoms with E-state index in [1.54, 1.807) is 12.1 Å². The summed E-state index contributed by atoms with van der Waals surface area (Å²) < 4.78 is 23.0. The van der Waals surface area contributed by atoms with Gasteiger partial charge in [-0.1, -0.05) is 30.3 Å². The quantitative estimate of drug-likeness (QED) is 0.218. The molecule has 2 fully saturated rings. The van der Waals surface area contributed by atoms with Crippen LogP contribution in [-0.4, -0.2) is 111 Å². The lowest BCUT2D eigenvalue weighted by atomic mass is 9.95. The van der Waals surface area contributed by atoms with Crippen LogP contribution in [0.4, 0.5) is 0 Å². The van der Waals surface area contributed by atoms with Crippen molar-refractivity contribution in [2.75, 3.05) is 13.2 Å². The number of benzene rings is 2. The van der Waals surface area contributed by atoms with Gasteiger partial charge in [0, 0.05) is 6.92 Å². The summed E-state index contributed by atoms with van der Waals surface area (Å²) in [6.45, 7) is -0.0637. The van der Waals surface area contributed by atoms with E-state index in [1.807, 2.05) is 30.3 Å². The normalized spacial score (nSPS) is 37.0. The highest BCUT2D eigenvalue weighted by Gasteiger charge is 2.52. The van der Waals surface area contributed by atoms with Crippen molar-refractivity contribution in [1.82, 2.24) is 5.32 Å². The van der Waals surface area contributed by atoms with Crippen LogP contribution in [0.3, 0.4) is 0 Å². The Morgan fingerprint density at radius 2 is 1.50 bits per heavy atom. The highest BCUT2D eigenvalue weighted by atomic mass is 16.7. The van der Waals surface area contributed by atoms with Gasteiger partial charge < -0.3 is 54.9 Å². The Labute approximate surface area is 206 Å². The molecule has 1 amide bonds. The summed E-state index contributed by atoms with van der Waals surface area (Å²) in [6.07, 6.45) is -13.2. The van der Waals surface area contributed by atoms with E-state index in [-0.39, 0.29) is 0 Å².